The Morgan fingerprint density at radius 1 is 1.17 bits per heavy atom. The van der Waals surface area contributed by atoms with E-state index in [1.165, 1.54) is 12.1 Å². The van der Waals surface area contributed by atoms with Crippen molar-refractivity contribution in [3.8, 4) is 0 Å². The fourth-order valence-corrected chi connectivity index (χ4v) is 2.65. The standard InChI is InChI=1S/C18H16FNO3/c19-13-5-3-4-12(10-13)8-9-20-17(21)11-16-14-6-1-2-7-15(14)18(22)23-16/h1-7,10,16H,8-9,11H2,(H,20,21). The number of ether oxygens (including phenoxy) is 1. The van der Waals surface area contributed by atoms with E-state index in [9.17, 15) is 14.0 Å². The summed E-state index contributed by atoms with van der Waals surface area (Å²) < 4.78 is 18.3. The third kappa shape index (κ3) is 3.56. The van der Waals surface area contributed by atoms with Crippen LogP contribution in [0.15, 0.2) is 48.5 Å². The van der Waals surface area contributed by atoms with Gasteiger partial charge in [-0.25, -0.2) is 9.18 Å². The van der Waals surface area contributed by atoms with Crippen LogP contribution in [0.1, 0.15) is 34.0 Å². The number of hydrogen-bond acceptors (Lipinski definition) is 3. The molecule has 1 atom stereocenters. The van der Waals surface area contributed by atoms with Gasteiger partial charge < -0.3 is 10.1 Å². The van der Waals surface area contributed by atoms with Gasteiger partial charge >= 0.3 is 5.97 Å². The first-order valence-corrected chi connectivity index (χ1v) is 7.44. The lowest BCUT2D eigenvalue weighted by Gasteiger charge is -2.11. The minimum atomic E-state index is -0.534. The second-order valence-corrected chi connectivity index (χ2v) is 5.42. The Hall–Kier alpha value is -2.69. The summed E-state index contributed by atoms with van der Waals surface area (Å²) in [6.07, 6.45) is 0.101. The van der Waals surface area contributed by atoms with E-state index in [2.05, 4.69) is 5.32 Å². The number of hydrogen-bond donors (Lipinski definition) is 1. The van der Waals surface area contributed by atoms with E-state index < -0.39 is 12.1 Å². The topological polar surface area (TPSA) is 55.4 Å². The molecule has 4 nitrogen and oxygen atoms in total. The highest BCUT2D eigenvalue weighted by atomic mass is 19.1. The van der Waals surface area contributed by atoms with Crippen molar-refractivity contribution >= 4 is 11.9 Å². The van der Waals surface area contributed by atoms with Gasteiger partial charge in [0, 0.05) is 12.1 Å². The summed E-state index contributed by atoms with van der Waals surface area (Å²) in [7, 11) is 0. The Bertz CT molecular complexity index is 745. The molecule has 1 amide bonds. The van der Waals surface area contributed by atoms with Gasteiger partial charge in [-0.2, -0.15) is 0 Å². The average molecular weight is 313 g/mol. The fourth-order valence-electron chi connectivity index (χ4n) is 2.65. The summed E-state index contributed by atoms with van der Waals surface area (Å²) in [6, 6.07) is 13.3. The molecular formula is C18H16FNO3. The van der Waals surface area contributed by atoms with Crippen LogP contribution in [0.3, 0.4) is 0 Å². The quantitative estimate of drug-likeness (QED) is 0.864. The molecule has 1 aliphatic heterocycles. The third-order valence-electron chi connectivity index (χ3n) is 3.77. The highest BCUT2D eigenvalue weighted by Gasteiger charge is 2.31. The van der Waals surface area contributed by atoms with Gasteiger partial charge in [0.15, 0.2) is 0 Å². The molecule has 0 fully saturated rings. The molecular weight excluding hydrogens is 297 g/mol. The molecule has 3 rings (SSSR count). The molecule has 0 radical (unpaired) electrons. The lowest BCUT2D eigenvalue weighted by Crippen LogP contribution is -2.27. The summed E-state index contributed by atoms with van der Waals surface area (Å²) in [5.41, 5.74) is 2.09. The van der Waals surface area contributed by atoms with Gasteiger partial charge in [-0.3, -0.25) is 4.79 Å². The normalized spacial score (nSPS) is 15.9. The zero-order chi connectivity index (χ0) is 16.2. The van der Waals surface area contributed by atoms with Gasteiger partial charge in [0.1, 0.15) is 11.9 Å². The summed E-state index contributed by atoms with van der Waals surface area (Å²) in [4.78, 5) is 23.7. The van der Waals surface area contributed by atoms with Gasteiger partial charge in [-0.05, 0) is 30.2 Å². The molecule has 1 heterocycles. The van der Waals surface area contributed by atoms with Crippen molar-refractivity contribution in [2.75, 3.05) is 6.54 Å². The van der Waals surface area contributed by atoms with Gasteiger partial charge in [0.05, 0.1) is 12.0 Å². The molecule has 0 saturated heterocycles. The van der Waals surface area contributed by atoms with Crippen molar-refractivity contribution in [1.82, 2.24) is 5.32 Å². The highest BCUT2D eigenvalue weighted by molar-refractivity contribution is 5.94. The number of amides is 1. The largest absolute Gasteiger partial charge is 0.453 e. The number of carbonyl (C=O) groups is 2. The van der Waals surface area contributed by atoms with Gasteiger partial charge in [-0.1, -0.05) is 30.3 Å². The zero-order valence-electron chi connectivity index (χ0n) is 12.4. The lowest BCUT2D eigenvalue weighted by molar-refractivity contribution is -0.122. The number of nitrogens with one attached hydrogen (secondary N) is 1. The van der Waals surface area contributed by atoms with Crippen molar-refractivity contribution in [2.24, 2.45) is 0 Å². The van der Waals surface area contributed by atoms with E-state index in [4.69, 9.17) is 4.74 Å². The minimum absolute atomic E-state index is 0.0892. The van der Waals surface area contributed by atoms with Gasteiger partial charge in [0.2, 0.25) is 5.91 Å². The number of carbonyl (C=O) groups excluding carboxylic acids is 2. The summed E-state index contributed by atoms with van der Waals surface area (Å²) in [5.74, 6) is -0.877. The van der Waals surface area contributed by atoms with Crippen molar-refractivity contribution in [3.05, 3.63) is 71.0 Å². The molecule has 1 N–H and O–H groups in total. The molecule has 118 valence electrons. The number of halogens is 1. The first-order valence-electron chi connectivity index (χ1n) is 7.44. The van der Waals surface area contributed by atoms with Crippen molar-refractivity contribution in [2.45, 2.75) is 18.9 Å². The van der Waals surface area contributed by atoms with E-state index in [-0.39, 0.29) is 18.1 Å². The molecule has 1 aliphatic rings. The van der Waals surface area contributed by atoms with E-state index in [0.717, 1.165) is 11.1 Å². The number of benzene rings is 2. The maximum Gasteiger partial charge on any atom is 0.339 e. The molecule has 0 spiro atoms. The summed E-state index contributed by atoms with van der Waals surface area (Å²) >= 11 is 0. The van der Waals surface area contributed by atoms with Crippen LogP contribution < -0.4 is 5.32 Å². The van der Waals surface area contributed by atoms with E-state index >= 15 is 0 Å². The average Bonchev–Trinajstić information content (AvgIpc) is 2.84. The summed E-state index contributed by atoms with van der Waals surface area (Å²) in [6.45, 7) is 0.407. The minimum Gasteiger partial charge on any atom is -0.453 e. The zero-order valence-corrected chi connectivity index (χ0v) is 12.4. The number of fused-ring (bicyclic) bond motifs is 1. The predicted octanol–water partition coefficient (Wildman–Crippen LogP) is 2.79. The second kappa shape index (κ2) is 6.60. The van der Waals surface area contributed by atoms with Gasteiger partial charge in [0.25, 0.3) is 0 Å². The Kier molecular flexibility index (Phi) is 4.37. The van der Waals surface area contributed by atoms with Crippen LogP contribution in [0.4, 0.5) is 4.39 Å². The van der Waals surface area contributed by atoms with Gasteiger partial charge in [-0.15, -0.1) is 0 Å². The first-order chi connectivity index (χ1) is 11.1. The van der Waals surface area contributed by atoms with E-state index in [1.807, 2.05) is 12.1 Å². The van der Waals surface area contributed by atoms with Crippen LogP contribution in [-0.4, -0.2) is 18.4 Å². The van der Waals surface area contributed by atoms with Crippen LogP contribution >= 0.6 is 0 Å². The van der Waals surface area contributed by atoms with Crippen molar-refractivity contribution in [1.29, 1.82) is 0 Å². The molecule has 2 aromatic rings. The van der Waals surface area contributed by atoms with Crippen LogP contribution in [0.25, 0.3) is 0 Å². The maximum absolute atomic E-state index is 13.1. The molecule has 0 bridgehead atoms. The maximum atomic E-state index is 13.1. The Labute approximate surface area is 133 Å². The van der Waals surface area contributed by atoms with Crippen molar-refractivity contribution < 1.29 is 18.7 Å². The van der Waals surface area contributed by atoms with Crippen LogP contribution in [0.2, 0.25) is 0 Å². The number of esters is 1. The fraction of sp³-hybridized carbons (Fsp3) is 0.222. The Morgan fingerprint density at radius 2 is 2.00 bits per heavy atom. The van der Waals surface area contributed by atoms with E-state index in [1.54, 1.807) is 24.3 Å². The monoisotopic (exact) mass is 313 g/mol. The molecule has 0 aliphatic carbocycles. The molecule has 0 saturated carbocycles. The smallest absolute Gasteiger partial charge is 0.339 e. The SMILES string of the molecule is O=C(CC1OC(=O)c2ccccc21)NCCc1cccc(F)c1. The highest BCUT2D eigenvalue weighted by Crippen LogP contribution is 2.32. The third-order valence-corrected chi connectivity index (χ3v) is 3.77. The Morgan fingerprint density at radius 3 is 2.83 bits per heavy atom. The van der Waals surface area contributed by atoms with E-state index in [0.29, 0.717) is 18.5 Å². The van der Waals surface area contributed by atoms with Crippen LogP contribution in [0, 0.1) is 5.82 Å². The molecule has 5 heteroatoms. The number of rotatable bonds is 5. The number of cyclic esters (lactones) is 1. The predicted molar refractivity (Wildman–Crippen MR) is 82.3 cm³/mol. The molecule has 1 unspecified atom stereocenters. The molecule has 0 aromatic heterocycles. The second-order valence-electron chi connectivity index (χ2n) is 5.42. The van der Waals surface area contributed by atoms with Crippen LogP contribution in [-0.2, 0) is 16.0 Å². The Balaban J connectivity index is 1.52. The van der Waals surface area contributed by atoms with Crippen molar-refractivity contribution in [3.63, 3.8) is 0 Å². The molecule has 23 heavy (non-hydrogen) atoms. The molecule has 2 aromatic carbocycles. The first kappa shape index (κ1) is 15.2. The van der Waals surface area contributed by atoms with Crippen LogP contribution in [0.5, 0.6) is 0 Å². The lowest BCUT2D eigenvalue weighted by atomic mass is 10.0. The summed E-state index contributed by atoms with van der Waals surface area (Å²) in [5, 5.41) is 2.77.